The Balaban J connectivity index is 1.74. The van der Waals surface area contributed by atoms with Crippen LogP contribution in [0.2, 0.25) is 0 Å². The minimum atomic E-state index is -0.277. The second-order valence-corrected chi connectivity index (χ2v) is 7.40. The molecule has 4 nitrogen and oxygen atoms in total. The van der Waals surface area contributed by atoms with Crippen LogP contribution in [-0.4, -0.2) is 29.2 Å². The standard InChI is InChI=1S/C20H25NO3/c1-13-4-3-7-21(18(13)12-22)11-16-10-20(23)24-19-9-15-6-2-5-14(15)8-17(16)19/h8-10,13,18,22H,2-7,11-12H2,1H3. The number of fused-ring (bicyclic) bond motifs is 2. The summed E-state index contributed by atoms with van der Waals surface area (Å²) in [7, 11) is 0. The first kappa shape index (κ1) is 15.9. The van der Waals surface area contributed by atoms with Gasteiger partial charge in [-0.05, 0) is 73.4 Å². The molecule has 1 aromatic heterocycles. The van der Waals surface area contributed by atoms with Crippen LogP contribution in [0.1, 0.15) is 42.9 Å². The van der Waals surface area contributed by atoms with Gasteiger partial charge in [-0.25, -0.2) is 4.79 Å². The molecule has 1 N–H and O–H groups in total. The molecule has 2 aliphatic rings. The van der Waals surface area contributed by atoms with Gasteiger partial charge in [-0.3, -0.25) is 4.90 Å². The molecule has 0 spiro atoms. The van der Waals surface area contributed by atoms with Gasteiger partial charge in [0.05, 0.1) is 6.61 Å². The van der Waals surface area contributed by atoms with Gasteiger partial charge in [0, 0.05) is 24.0 Å². The number of aryl methyl sites for hydroxylation is 2. The Hall–Kier alpha value is -1.65. The number of aliphatic hydroxyl groups excluding tert-OH is 1. The summed E-state index contributed by atoms with van der Waals surface area (Å²) in [4.78, 5) is 14.4. The van der Waals surface area contributed by atoms with E-state index in [0.29, 0.717) is 18.0 Å². The minimum Gasteiger partial charge on any atom is -0.423 e. The van der Waals surface area contributed by atoms with Gasteiger partial charge in [0.15, 0.2) is 0 Å². The molecule has 4 rings (SSSR count). The summed E-state index contributed by atoms with van der Waals surface area (Å²) in [6.45, 7) is 4.06. The quantitative estimate of drug-likeness (QED) is 0.881. The summed E-state index contributed by atoms with van der Waals surface area (Å²) >= 11 is 0. The Morgan fingerprint density at radius 1 is 1.21 bits per heavy atom. The van der Waals surface area contributed by atoms with E-state index in [0.717, 1.165) is 43.2 Å². The SMILES string of the molecule is CC1CCCN(Cc2cc(=O)oc3cc4c(cc23)CCC4)C1CO. The molecule has 1 fully saturated rings. The van der Waals surface area contributed by atoms with Crippen molar-refractivity contribution in [3.8, 4) is 0 Å². The molecule has 2 aromatic rings. The Labute approximate surface area is 142 Å². The molecule has 1 aliphatic carbocycles. The highest BCUT2D eigenvalue weighted by molar-refractivity contribution is 5.82. The predicted molar refractivity (Wildman–Crippen MR) is 94.2 cm³/mol. The molecule has 2 heterocycles. The van der Waals surface area contributed by atoms with Crippen molar-refractivity contribution in [2.24, 2.45) is 5.92 Å². The summed E-state index contributed by atoms with van der Waals surface area (Å²) in [5, 5.41) is 10.8. The van der Waals surface area contributed by atoms with Gasteiger partial charge in [0.1, 0.15) is 5.58 Å². The minimum absolute atomic E-state index is 0.176. The summed E-state index contributed by atoms with van der Waals surface area (Å²) < 4.78 is 5.47. The molecule has 1 aromatic carbocycles. The van der Waals surface area contributed by atoms with E-state index in [9.17, 15) is 9.90 Å². The zero-order valence-corrected chi connectivity index (χ0v) is 14.3. The van der Waals surface area contributed by atoms with E-state index in [1.807, 2.05) is 0 Å². The molecule has 1 saturated heterocycles. The van der Waals surface area contributed by atoms with E-state index in [1.54, 1.807) is 6.07 Å². The average Bonchev–Trinajstić information content (AvgIpc) is 3.00. The van der Waals surface area contributed by atoms with Crippen LogP contribution < -0.4 is 5.63 Å². The van der Waals surface area contributed by atoms with Gasteiger partial charge in [-0.2, -0.15) is 0 Å². The Kier molecular flexibility index (Phi) is 4.19. The molecule has 2 unspecified atom stereocenters. The number of likely N-dealkylation sites (tertiary alicyclic amines) is 1. The second-order valence-electron chi connectivity index (χ2n) is 7.40. The lowest BCUT2D eigenvalue weighted by Crippen LogP contribution is -2.46. The topological polar surface area (TPSA) is 53.7 Å². The van der Waals surface area contributed by atoms with Gasteiger partial charge in [-0.15, -0.1) is 0 Å². The number of hydrogen-bond acceptors (Lipinski definition) is 4. The van der Waals surface area contributed by atoms with Gasteiger partial charge >= 0.3 is 5.63 Å². The van der Waals surface area contributed by atoms with Crippen LogP contribution >= 0.6 is 0 Å². The van der Waals surface area contributed by atoms with E-state index in [4.69, 9.17) is 4.42 Å². The third kappa shape index (κ3) is 2.78. The maximum atomic E-state index is 12.0. The maximum Gasteiger partial charge on any atom is 0.336 e. The lowest BCUT2D eigenvalue weighted by molar-refractivity contribution is 0.0474. The van der Waals surface area contributed by atoms with E-state index in [2.05, 4.69) is 24.0 Å². The van der Waals surface area contributed by atoms with Crippen LogP contribution in [-0.2, 0) is 19.4 Å². The van der Waals surface area contributed by atoms with Crippen molar-refractivity contribution >= 4 is 11.0 Å². The zero-order valence-electron chi connectivity index (χ0n) is 14.3. The largest absolute Gasteiger partial charge is 0.423 e. The molecule has 0 radical (unpaired) electrons. The number of piperidine rings is 1. The Morgan fingerprint density at radius 2 is 2.00 bits per heavy atom. The molecule has 1 aliphatic heterocycles. The summed E-state index contributed by atoms with van der Waals surface area (Å²) in [5.74, 6) is 0.486. The smallest absolute Gasteiger partial charge is 0.336 e. The van der Waals surface area contributed by atoms with E-state index >= 15 is 0 Å². The molecule has 0 amide bonds. The molecule has 2 atom stereocenters. The molecule has 0 saturated carbocycles. The lowest BCUT2D eigenvalue weighted by Gasteiger charge is -2.39. The molecule has 0 bridgehead atoms. The molecular weight excluding hydrogens is 302 g/mol. The van der Waals surface area contributed by atoms with Crippen LogP contribution in [0.3, 0.4) is 0 Å². The average molecular weight is 327 g/mol. The third-order valence-corrected chi connectivity index (χ3v) is 5.83. The fourth-order valence-corrected chi connectivity index (χ4v) is 4.47. The fraction of sp³-hybridized carbons (Fsp3) is 0.550. The highest BCUT2D eigenvalue weighted by atomic mass is 16.4. The van der Waals surface area contributed by atoms with Gasteiger partial charge < -0.3 is 9.52 Å². The number of nitrogens with zero attached hydrogens (tertiary/aromatic N) is 1. The number of hydrogen-bond donors (Lipinski definition) is 1. The molecule has 4 heteroatoms. The predicted octanol–water partition coefficient (Wildman–Crippen LogP) is 2.87. The van der Waals surface area contributed by atoms with E-state index in [-0.39, 0.29) is 18.3 Å². The number of benzene rings is 1. The van der Waals surface area contributed by atoms with Crippen LogP contribution in [0.25, 0.3) is 11.0 Å². The van der Waals surface area contributed by atoms with Crippen molar-refractivity contribution in [1.29, 1.82) is 0 Å². The lowest BCUT2D eigenvalue weighted by atomic mass is 9.90. The zero-order chi connectivity index (χ0) is 16.7. The van der Waals surface area contributed by atoms with Gasteiger partial charge in [0.2, 0.25) is 0 Å². The number of rotatable bonds is 3. The first-order chi connectivity index (χ1) is 11.7. The van der Waals surface area contributed by atoms with E-state index in [1.165, 1.54) is 17.5 Å². The molecule has 24 heavy (non-hydrogen) atoms. The van der Waals surface area contributed by atoms with Crippen molar-refractivity contribution < 1.29 is 9.52 Å². The van der Waals surface area contributed by atoms with Gasteiger partial charge in [0.25, 0.3) is 0 Å². The summed E-state index contributed by atoms with van der Waals surface area (Å²) in [5.41, 5.74) is 4.18. The first-order valence-electron chi connectivity index (χ1n) is 9.09. The van der Waals surface area contributed by atoms with Gasteiger partial charge in [-0.1, -0.05) is 6.92 Å². The van der Waals surface area contributed by atoms with Crippen molar-refractivity contribution in [3.63, 3.8) is 0 Å². The fourth-order valence-electron chi connectivity index (χ4n) is 4.47. The van der Waals surface area contributed by atoms with Crippen LogP contribution in [0.5, 0.6) is 0 Å². The third-order valence-electron chi connectivity index (χ3n) is 5.83. The maximum absolute atomic E-state index is 12.0. The van der Waals surface area contributed by atoms with Crippen LogP contribution in [0.4, 0.5) is 0 Å². The normalized spacial score (nSPS) is 24.4. The molecule has 128 valence electrons. The monoisotopic (exact) mass is 327 g/mol. The van der Waals surface area contributed by atoms with Crippen LogP contribution in [0.15, 0.2) is 27.4 Å². The Morgan fingerprint density at radius 3 is 2.79 bits per heavy atom. The highest BCUT2D eigenvalue weighted by Crippen LogP contribution is 2.30. The van der Waals surface area contributed by atoms with Crippen molar-refractivity contribution in [2.45, 2.75) is 51.6 Å². The van der Waals surface area contributed by atoms with Crippen molar-refractivity contribution in [3.05, 3.63) is 45.3 Å². The molecular formula is C20H25NO3. The first-order valence-corrected chi connectivity index (χ1v) is 9.09. The van der Waals surface area contributed by atoms with Crippen molar-refractivity contribution in [2.75, 3.05) is 13.2 Å². The Bertz CT molecular complexity index is 810. The van der Waals surface area contributed by atoms with Crippen LogP contribution in [0, 0.1) is 5.92 Å². The van der Waals surface area contributed by atoms with E-state index < -0.39 is 0 Å². The summed E-state index contributed by atoms with van der Waals surface area (Å²) in [6, 6.07) is 6.09. The second kappa shape index (κ2) is 6.34. The highest BCUT2D eigenvalue weighted by Gasteiger charge is 2.28. The number of aliphatic hydroxyl groups is 1. The van der Waals surface area contributed by atoms with Crippen molar-refractivity contribution in [1.82, 2.24) is 4.90 Å². The summed E-state index contributed by atoms with van der Waals surface area (Å²) in [6.07, 6.45) is 5.68.